The number of rotatable bonds is 8. The van der Waals surface area contributed by atoms with Gasteiger partial charge in [-0.05, 0) is 53.9 Å². The molecule has 0 aliphatic heterocycles. The average Bonchev–Trinajstić information content (AvgIpc) is 3.67. The topological polar surface area (TPSA) is 95.9 Å². The minimum absolute atomic E-state index is 0.000255. The lowest BCUT2D eigenvalue weighted by Gasteiger charge is -2.34. The number of alkyl carbamates (subject to hydrolysis) is 1. The Hall–Kier alpha value is -3.35. The van der Waals surface area contributed by atoms with Crippen molar-refractivity contribution in [3.8, 4) is 11.1 Å². The quantitative estimate of drug-likeness (QED) is 0.589. The largest absolute Gasteiger partial charge is 0.480 e. The molecule has 3 aliphatic carbocycles. The van der Waals surface area contributed by atoms with Crippen molar-refractivity contribution in [1.82, 2.24) is 10.2 Å². The van der Waals surface area contributed by atoms with Gasteiger partial charge in [-0.2, -0.15) is 0 Å². The molecule has 35 heavy (non-hydrogen) atoms. The molecule has 2 saturated carbocycles. The zero-order valence-electron chi connectivity index (χ0n) is 19.8. The van der Waals surface area contributed by atoms with Gasteiger partial charge in [-0.3, -0.25) is 9.59 Å². The van der Waals surface area contributed by atoms with Crippen molar-refractivity contribution in [3.63, 3.8) is 0 Å². The second kappa shape index (κ2) is 10.1. The molecule has 184 valence electrons. The van der Waals surface area contributed by atoms with Crippen molar-refractivity contribution in [2.45, 2.75) is 50.5 Å². The van der Waals surface area contributed by atoms with E-state index in [0.717, 1.165) is 49.7 Å². The van der Waals surface area contributed by atoms with E-state index in [1.165, 1.54) is 11.1 Å². The van der Waals surface area contributed by atoms with Crippen molar-refractivity contribution in [2.75, 3.05) is 19.7 Å². The van der Waals surface area contributed by atoms with E-state index in [1.54, 1.807) is 4.90 Å². The zero-order chi connectivity index (χ0) is 24.4. The minimum Gasteiger partial charge on any atom is -0.480 e. The molecule has 5 rings (SSSR count). The highest BCUT2D eigenvalue weighted by Crippen LogP contribution is 2.44. The molecule has 2 fully saturated rings. The Morgan fingerprint density at radius 2 is 1.54 bits per heavy atom. The van der Waals surface area contributed by atoms with Gasteiger partial charge in [0.25, 0.3) is 0 Å². The number of benzene rings is 2. The van der Waals surface area contributed by atoms with E-state index in [4.69, 9.17) is 4.74 Å². The molecular formula is C28H32N2O5. The number of ether oxygens (including phenoxy) is 1. The lowest BCUT2D eigenvalue weighted by Crippen LogP contribution is -2.46. The van der Waals surface area contributed by atoms with Gasteiger partial charge < -0.3 is 20.1 Å². The van der Waals surface area contributed by atoms with Crippen LogP contribution < -0.4 is 5.32 Å². The van der Waals surface area contributed by atoms with Gasteiger partial charge >= 0.3 is 12.1 Å². The van der Waals surface area contributed by atoms with Gasteiger partial charge in [0.2, 0.25) is 5.91 Å². The van der Waals surface area contributed by atoms with Gasteiger partial charge in [-0.15, -0.1) is 0 Å². The summed E-state index contributed by atoms with van der Waals surface area (Å²) in [6.45, 7) is 0.367. The van der Waals surface area contributed by atoms with Gasteiger partial charge in [0.05, 0.1) is 0 Å². The molecule has 3 aliphatic rings. The maximum absolute atomic E-state index is 13.2. The first-order valence-electron chi connectivity index (χ1n) is 12.6. The Morgan fingerprint density at radius 1 is 0.914 bits per heavy atom. The number of carbonyl (C=O) groups excluding carboxylic acids is 2. The van der Waals surface area contributed by atoms with E-state index in [1.807, 2.05) is 24.3 Å². The third-order valence-corrected chi connectivity index (χ3v) is 7.65. The van der Waals surface area contributed by atoms with E-state index >= 15 is 0 Å². The van der Waals surface area contributed by atoms with E-state index in [-0.39, 0.29) is 42.9 Å². The zero-order valence-corrected chi connectivity index (χ0v) is 19.8. The van der Waals surface area contributed by atoms with Crippen LogP contribution in [0.2, 0.25) is 0 Å². The summed E-state index contributed by atoms with van der Waals surface area (Å²) in [5.74, 6) is -1.31. The van der Waals surface area contributed by atoms with E-state index in [2.05, 4.69) is 29.6 Å². The highest BCUT2D eigenvalue weighted by Gasteiger charge is 2.40. The number of carboxylic acids is 1. The average molecular weight is 477 g/mol. The van der Waals surface area contributed by atoms with E-state index < -0.39 is 12.1 Å². The molecule has 0 radical (unpaired) electrons. The van der Waals surface area contributed by atoms with E-state index in [9.17, 15) is 19.5 Å². The number of amides is 2. The molecule has 2 atom stereocenters. The summed E-state index contributed by atoms with van der Waals surface area (Å²) < 4.78 is 5.65. The first-order chi connectivity index (χ1) is 17.0. The number of hydrogen-bond acceptors (Lipinski definition) is 4. The molecule has 0 saturated heterocycles. The first-order valence-corrected chi connectivity index (χ1v) is 12.6. The predicted octanol–water partition coefficient (Wildman–Crippen LogP) is 4.41. The van der Waals surface area contributed by atoms with E-state index in [0.29, 0.717) is 6.54 Å². The Labute approximate surface area is 205 Å². The summed E-state index contributed by atoms with van der Waals surface area (Å²) in [6.07, 6.45) is 4.79. The van der Waals surface area contributed by atoms with Gasteiger partial charge in [-0.1, -0.05) is 61.4 Å². The fraction of sp³-hybridized carbons (Fsp3) is 0.464. The Balaban J connectivity index is 1.18. The molecule has 0 unspecified atom stereocenters. The maximum Gasteiger partial charge on any atom is 0.407 e. The molecular weight excluding hydrogens is 444 g/mol. The molecule has 0 spiro atoms. The number of nitrogens with zero attached hydrogens (tertiary/aromatic N) is 1. The SMILES string of the molecule is O=C(O)CN(C(=O)[C@@H]1CCCC[C@@H]1CNC(=O)OCC1c2ccccc2-c2ccccc21)C1CC1. The highest BCUT2D eigenvalue weighted by atomic mass is 16.5. The summed E-state index contributed by atoms with van der Waals surface area (Å²) in [7, 11) is 0. The van der Waals surface area contributed by atoms with Gasteiger partial charge in [0.1, 0.15) is 13.2 Å². The van der Waals surface area contributed by atoms with Crippen LogP contribution in [0.3, 0.4) is 0 Å². The first kappa shape index (κ1) is 23.4. The van der Waals surface area contributed by atoms with Gasteiger partial charge in [0, 0.05) is 24.4 Å². The summed E-state index contributed by atoms with van der Waals surface area (Å²) >= 11 is 0. The van der Waals surface area contributed by atoms with Gasteiger partial charge in [-0.25, -0.2) is 4.79 Å². The molecule has 7 heteroatoms. The number of carboxylic acid groups (broad SMARTS) is 1. The third kappa shape index (κ3) is 5.04. The highest BCUT2D eigenvalue weighted by molar-refractivity contribution is 5.84. The number of fused-ring (bicyclic) bond motifs is 3. The smallest absolute Gasteiger partial charge is 0.407 e. The number of nitrogens with one attached hydrogen (secondary N) is 1. The Morgan fingerprint density at radius 3 is 2.17 bits per heavy atom. The van der Waals surface area contributed by atoms with Crippen LogP contribution in [-0.4, -0.2) is 53.7 Å². The summed E-state index contributed by atoms with van der Waals surface area (Å²) in [4.78, 5) is 38.7. The molecule has 0 bridgehead atoms. The molecule has 0 aromatic heterocycles. The standard InChI is InChI=1S/C28H32N2O5/c31-26(32)16-30(19-13-14-19)27(33)20-8-2-1-7-18(20)15-29-28(34)35-17-25-23-11-5-3-9-21(23)22-10-4-6-12-24(22)25/h3-6,9-12,18-20,25H,1-2,7-8,13-17H2,(H,29,34)(H,31,32)/t18-,20-/m1/s1. The number of carbonyl (C=O) groups is 3. The van der Waals surface area contributed by atoms with Crippen molar-refractivity contribution >= 4 is 18.0 Å². The fourth-order valence-corrected chi connectivity index (χ4v) is 5.77. The molecule has 2 amide bonds. The lowest BCUT2D eigenvalue weighted by molar-refractivity contribution is -0.148. The fourth-order valence-electron chi connectivity index (χ4n) is 5.77. The summed E-state index contributed by atoms with van der Waals surface area (Å²) in [5, 5.41) is 12.1. The van der Waals surface area contributed by atoms with Crippen LogP contribution >= 0.6 is 0 Å². The van der Waals surface area contributed by atoms with Crippen LogP contribution in [-0.2, 0) is 14.3 Å². The Bertz CT molecular complexity index is 1070. The monoisotopic (exact) mass is 476 g/mol. The molecule has 2 aromatic rings. The second-order valence-electron chi connectivity index (χ2n) is 9.95. The maximum atomic E-state index is 13.2. The predicted molar refractivity (Wildman–Crippen MR) is 131 cm³/mol. The van der Waals surface area contributed by atoms with Crippen LogP contribution in [0.4, 0.5) is 4.79 Å². The summed E-state index contributed by atoms with van der Waals surface area (Å²) in [5.41, 5.74) is 4.69. The molecule has 2 aromatic carbocycles. The normalized spacial score (nSPS) is 21.0. The molecule has 0 heterocycles. The molecule has 2 N–H and O–H groups in total. The third-order valence-electron chi connectivity index (χ3n) is 7.65. The van der Waals surface area contributed by atoms with Crippen molar-refractivity contribution in [3.05, 3.63) is 59.7 Å². The number of aliphatic carboxylic acids is 1. The summed E-state index contributed by atoms with van der Waals surface area (Å²) in [6, 6.07) is 16.5. The second-order valence-corrected chi connectivity index (χ2v) is 9.95. The Kier molecular flexibility index (Phi) is 6.75. The minimum atomic E-state index is -0.977. The van der Waals surface area contributed by atoms with Crippen LogP contribution in [0, 0.1) is 11.8 Å². The van der Waals surface area contributed by atoms with Crippen LogP contribution in [0.5, 0.6) is 0 Å². The van der Waals surface area contributed by atoms with Gasteiger partial charge in [0.15, 0.2) is 0 Å². The van der Waals surface area contributed by atoms with Crippen molar-refractivity contribution < 1.29 is 24.2 Å². The van der Waals surface area contributed by atoms with Crippen LogP contribution in [0.15, 0.2) is 48.5 Å². The lowest BCUT2D eigenvalue weighted by atomic mass is 9.78. The molecule has 7 nitrogen and oxygen atoms in total. The van der Waals surface area contributed by atoms with Crippen LogP contribution in [0.25, 0.3) is 11.1 Å². The van der Waals surface area contributed by atoms with Crippen LogP contribution in [0.1, 0.15) is 55.6 Å². The van der Waals surface area contributed by atoms with Crippen molar-refractivity contribution in [1.29, 1.82) is 0 Å². The number of hydrogen-bond donors (Lipinski definition) is 2. The van der Waals surface area contributed by atoms with Crippen molar-refractivity contribution in [2.24, 2.45) is 11.8 Å².